The van der Waals surface area contributed by atoms with Gasteiger partial charge in [-0.1, -0.05) is 34.1 Å². The van der Waals surface area contributed by atoms with Crippen molar-refractivity contribution in [1.82, 2.24) is 0 Å². The predicted octanol–water partition coefficient (Wildman–Crippen LogP) is 2.09. The second kappa shape index (κ2) is 5.65. The van der Waals surface area contributed by atoms with Gasteiger partial charge in [-0.15, -0.1) is 0 Å². The molecule has 1 rings (SSSR count). The Kier molecular flexibility index (Phi) is 4.49. The van der Waals surface area contributed by atoms with Crippen LogP contribution in [0.15, 0.2) is 22.7 Å². The van der Waals surface area contributed by atoms with E-state index < -0.39 is 11.9 Å². The molecule has 0 aliphatic heterocycles. The molecule has 0 aliphatic carbocycles. The van der Waals surface area contributed by atoms with Crippen molar-refractivity contribution >= 4 is 27.9 Å². The van der Waals surface area contributed by atoms with Gasteiger partial charge in [0.05, 0.1) is 6.42 Å². The summed E-state index contributed by atoms with van der Waals surface area (Å²) in [6.07, 6.45) is 0.361. The van der Waals surface area contributed by atoms with Crippen LogP contribution in [-0.2, 0) is 22.4 Å². The normalized spacial score (nSPS) is 10.1. The molecule has 0 radical (unpaired) electrons. The Hall–Kier alpha value is -1.36. The van der Waals surface area contributed by atoms with E-state index in [4.69, 9.17) is 10.2 Å². The van der Waals surface area contributed by atoms with Crippen molar-refractivity contribution in [3.8, 4) is 0 Å². The van der Waals surface area contributed by atoms with Crippen LogP contribution in [0.1, 0.15) is 17.5 Å². The molecule has 16 heavy (non-hydrogen) atoms. The monoisotopic (exact) mass is 286 g/mol. The highest BCUT2D eigenvalue weighted by Crippen LogP contribution is 2.23. The summed E-state index contributed by atoms with van der Waals surface area (Å²) in [6.45, 7) is 0. The first kappa shape index (κ1) is 12.7. The molecule has 1 aromatic rings. The fraction of sp³-hybridized carbons (Fsp3) is 0.273. The first-order valence-corrected chi connectivity index (χ1v) is 5.50. The summed E-state index contributed by atoms with van der Waals surface area (Å²) < 4.78 is 0.693. The lowest BCUT2D eigenvalue weighted by atomic mass is 10.0. The van der Waals surface area contributed by atoms with Crippen LogP contribution in [0.3, 0.4) is 0 Å². The molecule has 86 valence electrons. The SMILES string of the molecule is O=C(O)CCc1cccc(CC(=O)O)c1Br. The maximum atomic E-state index is 10.6. The minimum Gasteiger partial charge on any atom is -0.481 e. The summed E-state index contributed by atoms with van der Waals surface area (Å²) in [5, 5.41) is 17.3. The zero-order valence-corrected chi connectivity index (χ0v) is 10.0. The van der Waals surface area contributed by atoms with Crippen molar-refractivity contribution in [1.29, 1.82) is 0 Å². The van der Waals surface area contributed by atoms with Gasteiger partial charge in [0.2, 0.25) is 0 Å². The van der Waals surface area contributed by atoms with Gasteiger partial charge in [-0.25, -0.2) is 0 Å². The molecule has 0 atom stereocenters. The zero-order chi connectivity index (χ0) is 12.1. The third kappa shape index (κ3) is 3.66. The molecule has 0 unspecified atom stereocenters. The lowest BCUT2D eigenvalue weighted by Crippen LogP contribution is -2.03. The van der Waals surface area contributed by atoms with Gasteiger partial charge in [-0.05, 0) is 17.5 Å². The highest BCUT2D eigenvalue weighted by Gasteiger charge is 2.09. The fourth-order valence-corrected chi connectivity index (χ4v) is 1.97. The second-order valence-electron chi connectivity index (χ2n) is 3.35. The van der Waals surface area contributed by atoms with E-state index >= 15 is 0 Å². The highest BCUT2D eigenvalue weighted by molar-refractivity contribution is 9.10. The number of hydrogen-bond donors (Lipinski definition) is 2. The van der Waals surface area contributed by atoms with Crippen LogP contribution in [-0.4, -0.2) is 22.2 Å². The van der Waals surface area contributed by atoms with Gasteiger partial charge in [-0.3, -0.25) is 9.59 Å². The summed E-state index contributed by atoms with van der Waals surface area (Å²) in [5.41, 5.74) is 1.48. The van der Waals surface area contributed by atoms with Gasteiger partial charge in [0.1, 0.15) is 0 Å². The number of rotatable bonds is 5. The quantitative estimate of drug-likeness (QED) is 0.869. The van der Waals surface area contributed by atoms with Crippen molar-refractivity contribution in [3.05, 3.63) is 33.8 Å². The van der Waals surface area contributed by atoms with Gasteiger partial charge in [-0.2, -0.15) is 0 Å². The number of carbonyl (C=O) groups is 2. The minimum absolute atomic E-state index is 0.0368. The number of halogens is 1. The Morgan fingerprint density at radius 3 is 2.31 bits per heavy atom. The molecule has 0 aliphatic rings. The second-order valence-corrected chi connectivity index (χ2v) is 4.15. The number of hydrogen-bond acceptors (Lipinski definition) is 2. The van der Waals surface area contributed by atoms with Crippen LogP contribution in [0.5, 0.6) is 0 Å². The molecule has 2 N–H and O–H groups in total. The maximum Gasteiger partial charge on any atom is 0.307 e. The Bertz CT molecular complexity index is 414. The molecule has 0 aromatic heterocycles. The third-order valence-electron chi connectivity index (χ3n) is 2.11. The number of aryl methyl sites for hydroxylation is 1. The molecule has 1 aromatic carbocycles. The summed E-state index contributed by atoms with van der Waals surface area (Å²) in [4.78, 5) is 21.0. The number of carboxylic acid groups (broad SMARTS) is 2. The van der Waals surface area contributed by atoms with Gasteiger partial charge in [0.15, 0.2) is 0 Å². The lowest BCUT2D eigenvalue weighted by molar-refractivity contribution is -0.137. The largest absolute Gasteiger partial charge is 0.481 e. The van der Waals surface area contributed by atoms with E-state index in [1.807, 2.05) is 0 Å². The van der Waals surface area contributed by atoms with Gasteiger partial charge in [0.25, 0.3) is 0 Å². The summed E-state index contributed by atoms with van der Waals surface area (Å²) in [6, 6.07) is 5.24. The van der Waals surface area contributed by atoms with Crippen LogP contribution < -0.4 is 0 Å². The first-order valence-electron chi connectivity index (χ1n) is 4.70. The van der Waals surface area contributed by atoms with Crippen LogP contribution in [0.2, 0.25) is 0 Å². The van der Waals surface area contributed by atoms with E-state index in [0.717, 1.165) is 5.56 Å². The Balaban J connectivity index is 2.85. The molecule has 5 heteroatoms. The van der Waals surface area contributed by atoms with E-state index in [0.29, 0.717) is 16.5 Å². The maximum absolute atomic E-state index is 10.6. The Labute approximate surface area is 101 Å². The fourth-order valence-electron chi connectivity index (χ4n) is 1.37. The average molecular weight is 287 g/mol. The average Bonchev–Trinajstić information content (AvgIpc) is 2.18. The van der Waals surface area contributed by atoms with E-state index in [1.165, 1.54) is 0 Å². The minimum atomic E-state index is -0.906. The topological polar surface area (TPSA) is 74.6 Å². The van der Waals surface area contributed by atoms with E-state index in [2.05, 4.69) is 15.9 Å². The number of carboxylic acids is 2. The Morgan fingerprint density at radius 2 is 1.75 bits per heavy atom. The third-order valence-corrected chi connectivity index (χ3v) is 3.13. The molecule has 0 bridgehead atoms. The molecule has 4 nitrogen and oxygen atoms in total. The zero-order valence-electron chi connectivity index (χ0n) is 8.44. The first-order chi connectivity index (χ1) is 7.50. The van der Waals surface area contributed by atoms with Crippen molar-refractivity contribution < 1.29 is 19.8 Å². The van der Waals surface area contributed by atoms with Crippen LogP contribution in [0, 0.1) is 0 Å². The van der Waals surface area contributed by atoms with Crippen LogP contribution in [0.25, 0.3) is 0 Å². The van der Waals surface area contributed by atoms with Crippen LogP contribution in [0.4, 0.5) is 0 Å². The molecule has 0 spiro atoms. The molecular formula is C11H11BrO4. The van der Waals surface area contributed by atoms with E-state index in [9.17, 15) is 9.59 Å². The van der Waals surface area contributed by atoms with Crippen LogP contribution >= 0.6 is 15.9 Å². The summed E-state index contributed by atoms with van der Waals surface area (Å²) >= 11 is 3.30. The molecule has 0 saturated carbocycles. The van der Waals surface area contributed by atoms with Crippen molar-refractivity contribution in [2.75, 3.05) is 0 Å². The van der Waals surface area contributed by atoms with Crippen molar-refractivity contribution in [3.63, 3.8) is 0 Å². The predicted molar refractivity (Wildman–Crippen MR) is 61.4 cm³/mol. The molecule has 0 saturated heterocycles. The lowest BCUT2D eigenvalue weighted by Gasteiger charge is -2.07. The molecule has 0 amide bonds. The number of aliphatic carboxylic acids is 2. The summed E-state index contributed by atoms with van der Waals surface area (Å²) in [7, 11) is 0. The molecule has 0 fully saturated rings. The van der Waals surface area contributed by atoms with Gasteiger partial charge >= 0.3 is 11.9 Å². The van der Waals surface area contributed by atoms with E-state index in [1.54, 1.807) is 18.2 Å². The smallest absolute Gasteiger partial charge is 0.307 e. The number of benzene rings is 1. The highest BCUT2D eigenvalue weighted by atomic mass is 79.9. The summed E-state index contributed by atoms with van der Waals surface area (Å²) in [5.74, 6) is -1.77. The molecular weight excluding hydrogens is 276 g/mol. The van der Waals surface area contributed by atoms with Crippen molar-refractivity contribution in [2.24, 2.45) is 0 Å². The van der Waals surface area contributed by atoms with Crippen molar-refractivity contribution in [2.45, 2.75) is 19.3 Å². The van der Waals surface area contributed by atoms with Gasteiger partial charge < -0.3 is 10.2 Å². The van der Waals surface area contributed by atoms with Gasteiger partial charge in [0, 0.05) is 10.9 Å². The standard InChI is InChI=1S/C11H11BrO4/c12-11-7(4-5-9(13)14)2-1-3-8(11)6-10(15)16/h1-3H,4-6H2,(H,13,14)(H,15,16). The Morgan fingerprint density at radius 1 is 1.12 bits per heavy atom. The van der Waals surface area contributed by atoms with E-state index in [-0.39, 0.29) is 12.8 Å². The molecule has 0 heterocycles.